The molecule has 0 atom stereocenters. The second-order valence-corrected chi connectivity index (χ2v) is 4.42. The fourth-order valence-electron chi connectivity index (χ4n) is 2.31. The minimum absolute atomic E-state index is 0.260. The van der Waals surface area contributed by atoms with Crippen LogP contribution in [0.4, 0.5) is 5.69 Å². The van der Waals surface area contributed by atoms with Gasteiger partial charge in [0.2, 0.25) is 0 Å². The summed E-state index contributed by atoms with van der Waals surface area (Å²) in [6.45, 7) is 3.10. The highest BCUT2D eigenvalue weighted by Crippen LogP contribution is 2.39. The van der Waals surface area contributed by atoms with Gasteiger partial charge in [0.15, 0.2) is 5.75 Å². The average Bonchev–Trinajstić information content (AvgIpc) is 2.39. The number of nitrogens with zero attached hydrogens (tertiary/aromatic N) is 1. The summed E-state index contributed by atoms with van der Waals surface area (Å²) in [7, 11) is 0. The Bertz CT molecular complexity index is 619. The molecule has 92 valence electrons. The Labute approximate surface area is 106 Å². The molecule has 3 rings (SSSR count). The van der Waals surface area contributed by atoms with E-state index in [1.54, 1.807) is 18.4 Å². The van der Waals surface area contributed by atoms with Crippen LogP contribution in [0.1, 0.15) is 13.3 Å². The van der Waals surface area contributed by atoms with Gasteiger partial charge in [-0.3, -0.25) is 0 Å². The Balaban J connectivity index is 2.20. The normalized spacial score (nSPS) is 13.5. The van der Waals surface area contributed by atoms with Crippen LogP contribution in [0.15, 0.2) is 42.8 Å². The number of ether oxygens (including phenoxy) is 1. The van der Waals surface area contributed by atoms with E-state index >= 15 is 0 Å². The van der Waals surface area contributed by atoms with Crippen LogP contribution in [0, 0.1) is 0 Å². The van der Waals surface area contributed by atoms with Crippen LogP contribution in [0.2, 0.25) is 0 Å². The number of hydrogen-bond acceptors (Lipinski definition) is 3. The summed E-state index contributed by atoms with van der Waals surface area (Å²) in [4.78, 5) is 2.17. The van der Waals surface area contributed by atoms with Crippen molar-refractivity contribution in [3.63, 3.8) is 0 Å². The summed E-state index contributed by atoms with van der Waals surface area (Å²) < 4.78 is 5.63. The molecule has 0 amide bonds. The van der Waals surface area contributed by atoms with Crippen molar-refractivity contribution in [1.29, 1.82) is 0 Å². The van der Waals surface area contributed by atoms with Gasteiger partial charge >= 0.3 is 0 Å². The molecule has 2 aromatic rings. The smallest absolute Gasteiger partial charge is 0.158 e. The van der Waals surface area contributed by atoms with Gasteiger partial charge in [0.05, 0.1) is 5.69 Å². The molecule has 1 heterocycles. The van der Waals surface area contributed by atoms with Crippen LogP contribution >= 0.6 is 0 Å². The molecule has 1 aliphatic heterocycles. The van der Waals surface area contributed by atoms with Gasteiger partial charge in [-0.25, -0.2) is 0 Å². The van der Waals surface area contributed by atoms with Gasteiger partial charge in [0.25, 0.3) is 0 Å². The number of aromatic hydroxyl groups is 1. The maximum atomic E-state index is 9.61. The lowest BCUT2D eigenvalue weighted by atomic mass is 10.1. The summed E-state index contributed by atoms with van der Waals surface area (Å²) in [5.74, 6) is 1.08. The molecule has 0 unspecified atom stereocenters. The van der Waals surface area contributed by atoms with Crippen molar-refractivity contribution >= 4 is 16.5 Å². The molecule has 0 saturated carbocycles. The fourth-order valence-corrected chi connectivity index (χ4v) is 2.31. The lowest BCUT2D eigenvalue weighted by Crippen LogP contribution is -2.20. The standard InChI is InChI=1S/C15H15NO2/c1-2-7-16-8-9-18-15-13-10-12(17)5-3-11(13)4-6-14(15)16/h3-6,8-10,17H,2,7H2,1H3. The van der Waals surface area contributed by atoms with Crippen molar-refractivity contribution in [2.24, 2.45) is 0 Å². The highest BCUT2D eigenvalue weighted by Gasteiger charge is 2.16. The summed E-state index contributed by atoms with van der Waals surface area (Å²) >= 11 is 0. The van der Waals surface area contributed by atoms with Crippen molar-refractivity contribution in [3.05, 3.63) is 42.8 Å². The molecule has 1 N–H and O–H groups in total. The van der Waals surface area contributed by atoms with Crippen LogP contribution in [0.3, 0.4) is 0 Å². The summed E-state index contributed by atoms with van der Waals surface area (Å²) in [6.07, 6.45) is 4.71. The van der Waals surface area contributed by atoms with Gasteiger partial charge in [0, 0.05) is 18.1 Å². The number of benzene rings is 2. The zero-order chi connectivity index (χ0) is 12.5. The Morgan fingerprint density at radius 2 is 2.06 bits per heavy atom. The maximum absolute atomic E-state index is 9.61. The lowest BCUT2D eigenvalue weighted by molar-refractivity contribution is 0.469. The van der Waals surface area contributed by atoms with E-state index in [0.717, 1.165) is 35.2 Å². The molecule has 0 fully saturated rings. The van der Waals surface area contributed by atoms with Gasteiger partial charge in [-0.2, -0.15) is 0 Å². The van der Waals surface area contributed by atoms with E-state index in [4.69, 9.17) is 4.74 Å². The molecule has 0 spiro atoms. The van der Waals surface area contributed by atoms with Crippen molar-refractivity contribution in [2.45, 2.75) is 13.3 Å². The van der Waals surface area contributed by atoms with E-state index < -0.39 is 0 Å². The molecule has 0 bridgehead atoms. The van der Waals surface area contributed by atoms with Gasteiger partial charge in [0.1, 0.15) is 12.0 Å². The first-order valence-electron chi connectivity index (χ1n) is 6.15. The zero-order valence-electron chi connectivity index (χ0n) is 10.3. The fraction of sp³-hybridized carbons (Fsp3) is 0.200. The average molecular weight is 241 g/mol. The van der Waals surface area contributed by atoms with Crippen molar-refractivity contribution in [2.75, 3.05) is 11.4 Å². The van der Waals surface area contributed by atoms with Crippen molar-refractivity contribution < 1.29 is 9.84 Å². The number of phenols is 1. The number of phenolic OH excluding ortho intramolecular Hbond substituents is 1. The third-order valence-corrected chi connectivity index (χ3v) is 3.14. The molecule has 3 nitrogen and oxygen atoms in total. The zero-order valence-corrected chi connectivity index (χ0v) is 10.3. The topological polar surface area (TPSA) is 32.7 Å². The SMILES string of the molecule is CCCN1C=COc2c1ccc1ccc(O)cc21. The van der Waals surface area contributed by atoms with Crippen LogP contribution in [0.5, 0.6) is 11.5 Å². The molecule has 18 heavy (non-hydrogen) atoms. The third kappa shape index (κ3) is 1.68. The Kier molecular flexibility index (Phi) is 2.59. The van der Waals surface area contributed by atoms with Crippen LogP contribution in [0.25, 0.3) is 10.8 Å². The molecule has 0 saturated heterocycles. The predicted molar refractivity (Wildman–Crippen MR) is 73.0 cm³/mol. The molecule has 0 aliphatic carbocycles. The molecule has 0 radical (unpaired) electrons. The number of fused-ring (bicyclic) bond motifs is 3. The van der Waals surface area contributed by atoms with E-state index in [0.29, 0.717) is 0 Å². The summed E-state index contributed by atoms with van der Waals surface area (Å²) in [5, 5.41) is 11.6. The van der Waals surface area contributed by atoms with Gasteiger partial charge in [-0.15, -0.1) is 0 Å². The van der Waals surface area contributed by atoms with Crippen molar-refractivity contribution in [1.82, 2.24) is 0 Å². The van der Waals surface area contributed by atoms with E-state index in [1.165, 1.54) is 0 Å². The Hall–Kier alpha value is -2.16. The molecule has 0 aromatic heterocycles. The van der Waals surface area contributed by atoms with Crippen LogP contribution in [-0.2, 0) is 0 Å². The minimum Gasteiger partial charge on any atom is -0.508 e. The van der Waals surface area contributed by atoms with E-state index in [1.807, 2.05) is 12.3 Å². The Morgan fingerprint density at radius 1 is 1.22 bits per heavy atom. The molecule has 1 aliphatic rings. The molecule has 2 aromatic carbocycles. The second-order valence-electron chi connectivity index (χ2n) is 4.42. The first-order chi connectivity index (χ1) is 8.79. The Morgan fingerprint density at radius 3 is 2.89 bits per heavy atom. The molecular weight excluding hydrogens is 226 g/mol. The van der Waals surface area contributed by atoms with Gasteiger partial charge < -0.3 is 14.7 Å². The summed E-state index contributed by atoms with van der Waals surface area (Å²) in [5.41, 5.74) is 1.05. The number of hydrogen-bond donors (Lipinski definition) is 1. The number of rotatable bonds is 2. The van der Waals surface area contributed by atoms with Gasteiger partial charge in [-0.05, 0) is 30.0 Å². The van der Waals surface area contributed by atoms with E-state index in [2.05, 4.69) is 24.0 Å². The van der Waals surface area contributed by atoms with Crippen LogP contribution in [-0.4, -0.2) is 11.7 Å². The van der Waals surface area contributed by atoms with Crippen molar-refractivity contribution in [3.8, 4) is 11.5 Å². The largest absolute Gasteiger partial charge is 0.508 e. The highest BCUT2D eigenvalue weighted by atomic mass is 16.5. The number of anilines is 1. The molecular formula is C15H15NO2. The maximum Gasteiger partial charge on any atom is 0.158 e. The van der Waals surface area contributed by atoms with Crippen LogP contribution < -0.4 is 9.64 Å². The monoisotopic (exact) mass is 241 g/mol. The first kappa shape index (κ1) is 11.0. The second kappa shape index (κ2) is 4.26. The lowest BCUT2D eigenvalue weighted by Gasteiger charge is -2.26. The van der Waals surface area contributed by atoms with E-state index in [9.17, 15) is 5.11 Å². The third-order valence-electron chi connectivity index (χ3n) is 3.14. The highest BCUT2D eigenvalue weighted by molar-refractivity contribution is 5.95. The predicted octanol–water partition coefficient (Wildman–Crippen LogP) is 3.63. The van der Waals surface area contributed by atoms with Gasteiger partial charge in [-0.1, -0.05) is 19.1 Å². The minimum atomic E-state index is 0.260. The van der Waals surface area contributed by atoms with E-state index in [-0.39, 0.29) is 5.75 Å². The first-order valence-corrected chi connectivity index (χ1v) is 6.15. The summed E-state index contributed by atoms with van der Waals surface area (Å²) in [6, 6.07) is 9.46. The molecule has 3 heteroatoms. The quantitative estimate of drug-likeness (QED) is 0.871.